The highest BCUT2D eigenvalue weighted by molar-refractivity contribution is 7.33. The van der Waals surface area contributed by atoms with Gasteiger partial charge in [0.1, 0.15) is 34.5 Å². The lowest BCUT2D eigenvalue weighted by Crippen LogP contribution is -2.52. The largest absolute Gasteiger partial charge is 0.442 e. The van der Waals surface area contributed by atoms with Gasteiger partial charge in [-0.3, -0.25) is 13.6 Å². The minimum Gasteiger partial charge on any atom is -0.419 e. The van der Waals surface area contributed by atoms with Gasteiger partial charge in [0.2, 0.25) is 0 Å². The number of hydrogen-bond donors (Lipinski definition) is 0. The van der Waals surface area contributed by atoms with Crippen LogP contribution in [0.2, 0.25) is 10.0 Å². The summed E-state index contributed by atoms with van der Waals surface area (Å²) in [7, 11) is -3.39. The van der Waals surface area contributed by atoms with Gasteiger partial charge < -0.3 is 28.4 Å². The summed E-state index contributed by atoms with van der Waals surface area (Å²) in [5.74, 6) is -1.78. The smallest absolute Gasteiger partial charge is 0.419 e. The number of rotatable bonds is 18. The number of ether oxygens (including phenoxy) is 6. The molecule has 0 aliphatic carbocycles. The van der Waals surface area contributed by atoms with Crippen LogP contribution in [0, 0.1) is 0 Å². The van der Waals surface area contributed by atoms with E-state index in [-0.39, 0.29) is 0 Å². The summed E-state index contributed by atoms with van der Waals surface area (Å²) in [6, 6.07) is 48.6. The van der Waals surface area contributed by atoms with E-state index in [2.05, 4.69) is 0 Å². The fraction of sp³-hybridized carbons (Fsp3) is 0.100. The average Bonchev–Trinajstić information content (AvgIpc) is 3.17. The zero-order valence-electron chi connectivity index (χ0n) is 27.5. The van der Waals surface area contributed by atoms with Crippen molar-refractivity contribution in [1.29, 1.82) is 0 Å². The molecule has 0 saturated heterocycles. The molecule has 0 bridgehead atoms. The van der Waals surface area contributed by atoms with E-state index in [4.69, 9.17) is 60.7 Å². The van der Waals surface area contributed by atoms with E-state index < -0.39 is 33.4 Å². The second-order valence-corrected chi connectivity index (χ2v) is 12.9. The Bertz CT molecular complexity index is 1740. The summed E-state index contributed by atoms with van der Waals surface area (Å²) < 4.78 is 63.3. The Morgan fingerprint density at radius 2 is 0.596 bits per heavy atom. The van der Waals surface area contributed by atoms with Crippen LogP contribution < -0.4 is 28.4 Å². The summed E-state index contributed by atoms with van der Waals surface area (Å²) in [6.07, 6.45) is 0. The molecule has 0 aliphatic heterocycles. The van der Waals surface area contributed by atoms with Gasteiger partial charge in [-0.05, 0) is 97.1 Å². The van der Waals surface area contributed by atoms with E-state index in [0.717, 1.165) is 0 Å². The van der Waals surface area contributed by atoms with Crippen LogP contribution in [0.1, 0.15) is 0 Å². The third-order valence-electron chi connectivity index (χ3n) is 6.97. The maximum Gasteiger partial charge on any atom is 0.442 e. The highest BCUT2D eigenvalue weighted by atomic mass is 35.5. The van der Waals surface area contributed by atoms with Crippen molar-refractivity contribution in [3.63, 3.8) is 0 Å². The molecule has 0 N–H and O–H groups in total. The minimum atomic E-state index is -3.39. The topological polar surface area (TPSA) is 90.9 Å². The third-order valence-corrected chi connectivity index (χ3v) is 8.24. The zero-order chi connectivity index (χ0) is 36.1. The van der Waals surface area contributed by atoms with Crippen molar-refractivity contribution in [2.45, 2.75) is 11.9 Å². The molecule has 12 heteroatoms. The molecule has 6 rings (SSSR count). The first-order valence-electron chi connectivity index (χ1n) is 16.0. The van der Waals surface area contributed by atoms with E-state index in [1.165, 1.54) is 0 Å². The fourth-order valence-electron chi connectivity index (χ4n) is 4.67. The number of benzene rings is 6. The molecule has 0 amide bonds. The molecule has 6 aromatic carbocycles. The second-order valence-electron chi connectivity index (χ2n) is 11.0. The molecule has 52 heavy (non-hydrogen) atoms. The van der Waals surface area contributed by atoms with Crippen molar-refractivity contribution in [2.24, 2.45) is 0 Å². The SMILES string of the molecule is O=[PH](OCC(Oc1ccccc1)(Oc1ccccc1)Oc1ccc(Cl)cc1)OCC(Oc1ccccc1)(Oc1ccccc1)Oc1ccc(Cl)cc1. The number of hydrogen-bond acceptors (Lipinski definition) is 9. The summed E-state index contributed by atoms with van der Waals surface area (Å²) in [6.45, 7) is -1.05. The highest BCUT2D eigenvalue weighted by Gasteiger charge is 2.43. The van der Waals surface area contributed by atoms with Gasteiger partial charge >= 0.3 is 20.2 Å². The molecular weight excluding hydrogens is 726 g/mol. The quantitative estimate of drug-likeness (QED) is 0.0627. The molecule has 0 aromatic heterocycles. The van der Waals surface area contributed by atoms with E-state index in [9.17, 15) is 4.57 Å². The van der Waals surface area contributed by atoms with Crippen molar-refractivity contribution in [3.8, 4) is 34.5 Å². The van der Waals surface area contributed by atoms with Gasteiger partial charge in [0.05, 0.1) is 0 Å². The molecule has 0 atom stereocenters. The van der Waals surface area contributed by atoms with Crippen LogP contribution >= 0.6 is 31.5 Å². The van der Waals surface area contributed by atoms with Crippen LogP contribution in [0.4, 0.5) is 0 Å². The molecule has 266 valence electrons. The summed E-state index contributed by atoms with van der Waals surface area (Å²) >= 11 is 12.3. The second kappa shape index (κ2) is 17.9. The molecule has 0 fully saturated rings. The van der Waals surface area contributed by atoms with Gasteiger partial charge in [-0.1, -0.05) is 96.0 Å². The third kappa shape index (κ3) is 10.9. The summed E-state index contributed by atoms with van der Waals surface area (Å²) in [5.41, 5.74) is 0. The van der Waals surface area contributed by atoms with Crippen LogP contribution in [-0.2, 0) is 13.6 Å². The maximum atomic E-state index is 13.7. The van der Waals surface area contributed by atoms with E-state index in [1.54, 1.807) is 146 Å². The lowest BCUT2D eigenvalue weighted by atomic mass is 10.3. The Morgan fingerprint density at radius 1 is 0.365 bits per heavy atom. The molecule has 9 nitrogen and oxygen atoms in total. The van der Waals surface area contributed by atoms with Crippen LogP contribution in [0.25, 0.3) is 0 Å². The number of halogens is 2. The van der Waals surface area contributed by atoms with Crippen LogP contribution in [0.5, 0.6) is 34.5 Å². The molecule has 0 radical (unpaired) electrons. The Morgan fingerprint density at radius 3 is 0.846 bits per heavy atom. The van der Waals surface area contributed by atoms with E-state index in [1.807, 2.05) is 24.3 Å². The van der Waals surface area contributed by atoms with Gasteiger partial charge in [0.25, 0.3) is 0 Å². The summed E-state index contributed by atoms with van der Waals surface area (Å²) in [5, 5.41) is 1.00. The monoisotopic (exact) mass is 758 g/mol. The molecule has 0 unspecified atom stereocenters. The van der Waals surface area contributed by atoms with Crippen molar-refractivity contribution in [3.05, 3.63) is 180 Å². The van der Waals surface area contributed by atoms with Gasteiger partial charge in [-0.2, -0.15) is 0 Å². The van der Waals surface area contributed by atoms with E-state index >= 15 is 0 Å². The maximum absolute atomic E-state index is 13.7. The molecule has 0 heterocycles. The average molecular weight is 760 g/mol. The zero-order valence-corrected chi connectivity index (χ0v) is 30.0. The molecule has 0 spiro atoms. The summed E-state index contributed by atoms with van der Waals surface area (Å²) in [4.78, 5) is 0. The van der Waals surface area contributed by atoms with Crippen LogP contribution in [0.15, 0.2) is 170 Å². The first-order chi connectivity index (χ1) is 25.4. The standard InChI is InChI=1S/C40H33Cl2O9P/c41-31-21-25-37(26-22-31)50-39(46-33-13-5-1-6-14-33,47-34-15-7-2-8-16-34)29-44-52(43)45-30-40(48-35-17-9-3-10-18-35,49-36-19-11-4-12-20-36)51-38-27-23-32(42)24-28-38/h1-28,52H,29-30H2. The van der Waals surface area contributed by atoms with Gasteiger partial charge in [-0.25, -0.2) is 0 Å². The lowest BCUT2D eigenvalue weighted by molar-refractivity contribution is -0.272. The lowest BCUT2D eigenvalue weighted by Gasteiger charge is -2.34. The number of para-hydroxylation sites is 4. The normalized spacial score (nSPS) is 11.4. The fourth-order valence-corrected chi connectivity index (χ4v) is 5.60. The highest BCUT2D eigenvalue weighted by Crippen LogP contribution is 2.35. The van der Waals surface area contributed by atoms with Crippen molar-refractivity contribution in [1.82, 2.24) is 0 Å². The minimum absolute atomic E-state index is 0.336. The predicted octanol–water partition coefficient (Wildman–Crippen LogP) is 10.5. The predicted molar refractivity (Wildman–Crippen MR) is 199 cm³/mol. The first-order valence-corrected chi connectivity index (χ1v) is 18.0. The van der Waals surface area contributed by atoms with Crippen molar-refractivity contribution >= 4 is 31.5 Å². The van der Waals surface area contributed by atoms with Gasteiger partial charge in [0, 0.05) is 10.0 Å². The molecule has 0 saturated carbocycles. The van der Waals surface area contributed by atoms with E-state index in [0.29, 0.717) is 44.5 Å². The molecule has 6 aromatic rings. The van der Waals surface area contributed by atoms with Gasteiger partial charge in [-0.15, -0.1) is 0 Å². The molecular formula is C40H33Cl2O9P. The first kappa shape index (κ1) is 36.6. The van der Waals surface area contributed by atoms with Crippen molar-refractivity contribution < 1.29 is 42.0 Å². The Balaban J connectivity index is 1.28. The Labute approximate surface area is 312 Å². The van der Waals surface area contributed by atoms with Crippen LogP contribution in [-0.4, -0.2) is 25.2 Å². The van der Waals surface area contributed by atoms with Gasteiger partial charge in [0.15, 0.2) is 13.2 Å². The van der Waals surface area contributed by atoms with Crippen molar-refractivity contribution in [2.75, 3.05) is 13.2 Å². The Kier molecular flexibility index (Phi) is 12.6. The van der Waals surface area contributed by atoms with Crippen LogP contribution in [0.3, 0.4) is 0 Å². The molecule has 0 aliphatic rings. The Hall–Kier alpha value is -5.15.